The van der Waals surface area contributed by atoms with Crippen LogP contribution in [0.1, 0.15) is 47.0 Å². The van der Waals surface area contributed by atoms with Crippen LogP contribution in [0.15, 0.2) is 36.4 Å². The van der Waals surface area contributed by atoms with Gasteiger partial charge in [0.15, 0.2) is 5.82 Å². The van der Waals surface area contributed by atoms with Crippen LogP contribution in [0.2, 0.25) is 0 Å². The normalized spacial score (nSPS) is 19.0. The molecule has 5 rings (SSSR count). The van der Waals surface area contributed by atoms with Gasteiger partial charge in [-0.2, -0.15) is 4.68 Å². The number of benzene rings is 1. The number of aromatic nitrogens is 6. The van der Waals surface area contributed by atoms with Gasteiger partial charge in [-0.1, -0.05) is 12.1 Å². The molecular formula is C21H22N6. The quantitative estimate of drug-likeness (QED) is 0.560. The maximum Gasteiger partial charge on any atom is 0.156 e. The van der Waals surface area contributed by atoms with E-state index in [0.717, 1.165) is 35.1 Å². The van der Waals surface area contributed by atoms with Crippen LogP contribution in [-0.2, 0) is 7.05 Å². The number of para-hydroxylation sites is 2. The number of fused-ring (bicyclic) bond motifs is 1. The van der Waals surface area contributed by atoms with E-state index in [1.807, 2.05) is 31.5 Å². The Balaban J connectivity index is 1.51. The summed E-state index contributed by atoms with van der Waals surface area (Å²) in [6.07, 6.45) is 1.12. The fourth-order valence-electron chi connectivity index (χ4n) is 4.08. The summed E-state index contributed by atoms with van der Waals surface area (Å²) in [6.45, 7) is 5.91. The molecule has 6 heteroatoms. The molecule has 1 unspecified atom stereocenters. The minimum atomic E-state index is 0.454. The van der Waals surface area contributed by atoms with Crippen molar-refractivity contribution in [3.8, 4) is 5.82 Å². The molecule has 27 heavy (non-hydrogen) atoms. The van der Waals surface area contributed by atoms with Gasteiger partial charge in [-0.05, 0) is 62.9 Å². The van der Waals surface area contributed by atoms with Crippen LogP contribution in [0.25, 0.3) is 16.9 Å². The first-order valence-electron chi connectivity index (χ1n) is 9.32. The molecule has 2 atom stereocenters. The third-order valence-electron chi connectivity index (χ3n) is 5.43. The minimum Gasteiger partial charge on any atom is -0.331 e. The molecule has 1 aliphatic carbocycles. The van der Waals surface area contributed by atoms with E-state index in [2.05, 4.69) is 57.0 Å². The number of pyridine rings is 1. The van der Waals surface area contributed by atoms with E-state index in [1.54, 1.807) is 0 Å². The largest absolute Gasteiger partial charge is 0.331 e. The number of hydrogen-bond acceptors (Lipinski definition) is 4. The van der Waals surface area contributed by atoms with Crippen LogP contribution in [-0.4, -0.2) is 29.3 Å². The van der Waals surface area contributed by atoms with Crippen molar-refractivity contribution < 1.29 is 0 Å². The number of rotatable bonds is 3. The SMILES string of the molecule is Cc1cc(C2C[C@@H]2c2nc3ccccc3n2C)cc(-n2nc(C)nc2C)n1. The lowest BCUT2D eigenvalue weighted by molar-refractivity contribution is 0.787. The second-order valence-corrected chi connectivity index (χ2v) is 7.48. The van der Waals surface area contributed by atoms with E-state index in [-0.39, 0.29) is 0 Å². The summed E-state index contributed by atoms with van der Waals surface area (Å²) in [6, 6.07) is 12.7. The molecule has 1 aromatic carbocycles. The molecule has 0 bridgehead atoms. The summed E-state index contributed by atoms with van der Waals surface area (Å²) in [5.74, 6) is 4.57. The Hall–Kier alpha value is -3.02. The molecule has 0 amide bonds. The van der Waals surface area contributed by atoms with Crippen molar-refractivity contribution in [2.45, 2.75) is 39.0 Å². The first-order valence-corrected chi connectivity index (χ1v) is 9.32. The number of imidazole rings is 1. The molecule has 0 aliphatic heterocycles. The van der Waals surface area contributed by atoms with Gasteiger partial charge in [0.1, 0.15) is 17.5 Å². The fourth-order valence-corrected chi connectivity index (χ4v) is 4.08. The Bertz CT molecular complexity index is 1170. The van der Waals surface area contributed by atoms with E-state index in [9.17, 15) is 0 Å². The molecule has 136 valence electrons. The van der Waals surface area contributed by atoms with Gasteiger partial charge >= 0.3 is 0 Å². The predicted molar refractivity (Wildman–Crippen MR) is 104 cm³/mol. The van der Waals surface area contributed by atoms with Crippen molar-refractivity contribution in [3.63, 3.8) is 0 Å². The average molecular weight is 358 g/mol. The van der Waals surface area contributed by atoms with Crippen molar-refractivity contribution in [1.82, 2.24) is 29.3 Å². The van der Waals surface area contributed by atoms with Gasteiger partial charge in [0.25, 0.3) is 0 Å². The van der Waals surface area contributed by atoms with Crippen LogP contribution in [0.4, 0.5) is 0 Å². The van der Waals surface area contributed by atoms with Gasteiger partial charge in [-0.25, -0.2) is 15.0 Å². The summed E-state index contributed by atoms with van der Waals surface area (Å²) < 4.78 is 4.07. The molecule has 3 aromatic heterocycles. The van der Waals surface area contributed by atoms with E-state index < -0.39 is 0 Å². The molecule has 0 spiro atoms. The van der Waals surface area contributed by atoms with Gasteiger partial charge in [0, 0.05) is 18.7 Å². The Morgan fingerprint density at radius 3 is 2.52 bits per heavy atom. The second-order valence-electron chi connectivity index (χ2n) is 7.48. The second kappa shape index (κ2) is 5.74. The Morgan fingerprint density at radius 2 is 1.78 bits per heavy atom. The smallest absolute Gasteiger partial charge is 0.156 e. The van der Waals surface area contributed by atoms with Crippen molar-refractivity contribution in [2.24, 2.45) is 7.05 Å². The van der Waals surface area contributed by atoms with E-state index >= 15 is 0 Å². The molecule has 4 aromatic rings. The fraction of sp³-hybridized carbons (Fsp3) is 0.333. The summed E-state index contributed by atoms with van der Waals surface area (Å²) in [5, 5.41) is 4.49. The zero-order valence-corrected chi connectivity index (χ0v) is 16.0. The maximum absolute atomic E-state index is 4.89. The highest BCUT2D eigenvalue weighted by molar-refractivity contribution is 5.76. The van der Waals surface area contributed by atoms with Crippen LogP contribution in [0.5, 0.6) is 0 Å². The number of aryl methyl sites for hydroxylation is 4. The molecule has 3 heterocycles. The third-order valence-corrected chi connectivity index (χ3v) is 5.43. The monoisotopic (exact) mass is 358 g/mol. The minimum absolute atomic E-state index is 0.454. The lowest BCUT2D eigenvalue weighted by Crippen LogP contribution is -2.05. The molecule has 0 saturated heterocycles. The van der Waals surface area contributed by atoms with Gasteiger partial charge in [-0.15, -0.1) is 5.10 Å². The summed E-state index contributed by atoms with van der Waals surface area (Å²) in [5.41, 5.74) is 4.58. The first kappa shape index (κ1) is 16.2. The van der Waals surface area contributed by atoms with E-state index in [4.69, 9.17) is 4.98 Å². The lowest BCUT2D eigenvalue weighted by Gasteiger charge is -2.08. The Labute approximate surface area is 157 Å². The summed E-state index contributed by atoms with van der Waals surface area (Å²) in [4.78, 5) is 14.0. The standard InChI is InChI=1S/C21H22N6/c1-12-9-15(10-20(22-12)27-14(3)23-13(2)25-27)16-11-17(16)21-24-18-7-5-6-8-19(18)26(21)4/h5-10,16-17H,11H2,1-4H3/t16?,17-/m0/s1. The zero-order chi connectivity index (χ0) is 18.7. The van der Waals surface area contributed by atoms with Gasteiger partial charge in [0.05, 0.1) is 11.0 Å². The van der Waals surface area contributed by atoms with Gasteiger partial charge < -0.3 is 4.57 Å². The molecule has 6 nitrogen and oxygen atoms in total. The highest BCUT2D eigenvalue weighted by Crippen LogP contribution is 2.54. The van der Waals surface area contributed by atoms with Gasteiger partial charge in [-0.3, -0.25) is 0 Å². The lowest BCUT2D eigenvalue weighted by atomic mass is 10.1. The van der Waals surface area contributed by atoms with Gasteiger partial charge in [0.2, 0.25) is 0 Å². The predicted octanol–water partition coefficient (Wildman–Crippen LogP) is 3.75. The molecule has 1 aliphatic rings. The Morgan fingerprint density at radius 1 is 0.963 bits per heavy atom. The number of hydrogen-bond donors (Lipinski definition) is 0. The van der Waals surface area contributed by atoms with E-state index in [0.29, 0.717) is 11.8 Å². The highest BCUT2D eigenvalue weighted by Gasteiger charge is 2.43. The first-order chi connectivity index (χ1) is 13.0. The van der Waals surface area contributed by atoms with Crippen LogP contribution < -0.4 is 0 Å². The zero-order valence-electron chi connectivity index (χ0n) is 16.0. The topological polar surface area (TPSA) is 61.4 Å². The maximum atomic E-state index is 4.89. The molecule has 0 N–H and O–H groups in total. The molecular weight excluding hydrogens is 336 g/mol. The van der Waals surface area contributed by atoms with Crippen molar-refractivity contribution >= 4 is 11.0 Å². The summed E-state index contributed by atoms with van der Waals surface area (Å²) in [7, 11) is 2.12. The van der Waals surface area contributed by atoms with Crippen molar-refractivity contribution in [2.75, 3.05) is 0 Å². The third kappa shape index (κ3) is 2.63. The number of nitrogens with zero attached hydrogens (tertiary/aromatic N) is 6. The highest BCUT2D eigenvalue weighted by atomic mass is 15.4. The van der Waals surface area contributed by atoms with Crippen molar-refractivity contribution in [3.05, 3.63) is 65.1 Å². The van der Waals surface area contributed by atoms with E-state index in [1.165, 1.54) is 16.9 Å². The molecule has 1 saturated carbocycles. The Kier molecular flexibility index (Phi) is 3.44. The van der Waals surface area contributed by atoms with Crippen molar-refractivity contribution in [1.29, 1.82) is 0 Å². The van der Waals surface area contributed by atoms with Crippen LogP contribution in [0.3, 0.4) is 0 Å². The van der Waals surface area contributed by atoms with Crippen LogP contribution >= 0.6 is 0 Å². The average Bonchev–Trinajstić information content (AvgIpc) is 3.27. The molecule has 0 radical (unpaired) electrons. The molecule has 1 fully saturated rings. The van der Waals surface area contributed by atoms with Crippen LogP contribution in [0, 0.1) is 20.8 Å². The summed E-state index contributed by atoms with van der Waals surface area (Å²) >= 11 is 0.